The number of rotatable bonds is 5. The van der Waals surface area contributed by atoms with Gasteiger partial charge in [-0.2, -0.15) is 0 Å². The van der Waals surface area contributed by atoms with Crippen molar-refractivity contribution in [3.63, 3.8) is 0 Å². The van der Waals surface area contributed by atoms with Crippen molar-refractivity contribution in [1.29, 1.82) is 0 Å². The summed E-state index contributed by atoms with van der Waals surface area (Å²) >= 11 is 0. The normalized spacial score (nSPS) is 11.3. The summed E-state index contributed by atoms with van der Waals surface area (Å²) in [6.45, 7) is 0. The van der Waals surface area contributed by atoms with Gasteiger partial charge >= 0.3 is 0 Å². The van der Waals surface area contributed by atoms with Crippen molar-refractivity contribution in [2.75, 3.05) is 4.90 Å². The van der Waals surface area contributed by atoms with Gasteiger partial charge in [-0.15, -0.1) is 0 Å². The van der Waals surface area contributed by atoms with Gasteiger partial charge < -0.3 is 4.90 Å². The molecule has 1 heteroatoms. The molecule has 8 rings (SSSR count). The lowest BCUT2D eigenvalue weighted by atomic mass is 9.93. The lowest BCUT2D eigenvalue weighted by Gasteiger charge is -2.29. The van der Waals surface area contributed by atoms with Crippen molar-refractivity contribution >= 4 is 49.4 Å². The molecule has 8 aromatic carbocycles. The number of hydrogen-bond acceptors (Lipinski definition) is 1. The van der Waals surface area contributed by atoms with Crippen LogP contribution in [0.5, 0.6) is 0 Å². The van der Waals surface area contributed by atoms with Crippen molar-refractivity contribution in [2.45, 2.75) is 0 Å². The average molecular weight is 548 g/mol. The molecule has 0 radical (unpaired) electrons. The third kappa shape index (κ3) is 4.43. The van der Waals surface area contributed by atoms with Crippen molar-refractivity contribution in [1.82, 2.24) is 0 Å². The van der Waals surface area contributed by atoms with E-state index in [2.05, 4.69) is 181 Å². The van der Waals surface area contributed by atoms with Crippen LogP contribution in [-0.4, -0.2) is 0 Å². The molecule has 0 aliphatic heterocycles. The lowest BCUT2D eigenvalue weighted by molar-refractivity contribution is 1.29. The first kappa shape index (κ1) is 25.1. The molecule has 0 saturated carbocycles. The third-order valence-corrected chi connectivity index (χ3v) is 8.43. The zero-order chi connectivity index (χ0) is 28.6. The first-order valence-corrected chi connectivity index (χ1v) is 14.8. The lowest BCUT2D eigenvalue weighted by Crippen LogP contribution is -2.11. The second kappa shape index (κ2) is 10.6. The Hall–Kier alpha value is -5.66. The highest BCUT2D eigenvalue weighted by atomic mass is 15.1. The van der Waals surface area contributed by atoms with Crippen LogP contribution >= 0.6 is 0 Å². The van der Waals surface area contributed by atoms with E-state index in [1.807, 2.05) is 0 Å². The fraction of sp³-hybridized carbons (Fsp3) is 0. The van der Waals surface area contributed by atoms with E-state index in [-0.39, 0.29) is 0 Å². The second-order valence-electron chi connectivity index (χ2n) is 11.0. The number of para-hydroxylation sites is 1. The van der Waals surface area contributed by atoms with E-state index in [0.717, 1.165) is 17.1 Å². The maximum Gasteiger partial charge on any atom is 0.0540 e. The number of benzene rings is 8. The van der Waals surface area contributed by atoms with Gasteiger partial charge in [0.15, 0.2) is 0 Å². The molecule has 0 aliphatic carbocycles. The van der Waals surface area contributed by atoms with Gasteiger partial charge in [-0.1, -0.05) is 140 Å². The van der Waals surface area contributed by atoms with Gasteiger partial charge in [0, 0.05) is 16.9 Å². The summed E-state index contributed by atoms with van der Waals surface area (Å²) in [7, 11) is 0. The Morgan fingerprint density at radius 2 is 0.767 bits per heavy atom. The molecule has 0 aliphatic rings. The minimum Gasteiger partial charge on any atom is -0.310 e. The molecule has 43 heavy (non-hydrogen) atoms. The van der Waals surface area contributed by atoms with Gasteiger partial charge in [0.25, 0.3) is 0 Å². The van der Waals surface area contributed by atoms with E-state index in [1.54, 1.807) is 0 Å². The molecule has 0 fully saturated rings. The summed E-state index contributed by atoms with van der Waals surface area (Å²) in [5.41, 5.74) is 8.18. The number of fused-ring (bicyclic) bond motifs is 6. The van der Waals surface area contributed by atoms with Crippen molar-refractivity contribution in [3.8, 4) is 22.3 Å². The van der Waals surface area contributed by atoms with Crippen LogP contribution in [0.4, 0.5) is 17.1 Å². The SMILES string of the molecule is c1ccc(-c2ccc(N(c3ccccc3)c3ccc4c5ccccc5c5ccccc5c4c3)c(-c3ccccc3)c2)cc1. The third-order valence-electron chi connectivity index (χ3n) is 8.43. The molecule has 0 unspecified atom stereocenters. The molecule has 0 saturated heterocycles. The topological polar surface area (TPSA) is 3.24 Å². The Balaban J connectivity index is 1.41. The zero-order valence-electron chi connectivity index (χ0n) is 23.7. The van der Waals surface area contributed by atoms with E-state index in [4.69, 9.17) is 0 Å². The minimum atomic E-state index is 1.12. The van der Waals surface area contributed by atoms with Crippen molar-refractivity contribution in [3.05, 3.63) is 176 Å². The summed E-state index contributed by atoms with van der Waals surface area (Å²) in [5.74, 6) is 0. The highest BCUT2D eigenvalue weighted by Crippen LogP contribution is 2.44. The highest BCUT2D eigenvalue weighted by Gasteiger charge is 2.19. The van der Waals surface area contributed by atoms with Gasteiger partial charge in [0.1, 0.15) is 0 Å². The zero-order valence-corrected chi connectivity index (χ0v) is 23.7. The summed E-state index contributed by atoms with van der Waals surface area (Å²) in [5, 5.41) is 7.66. The number of anilines is 3. The Morgan fingerprint density at radius 1 is 0.279 bits per heavy atom. The largest absolute Gasteiger partial charge is 0.310 e. The maximum absolute atomic E-state index is 2.40. The minimum absolute atomic E-state index is 1.12. The van der Waals surface area contributed by atoms with Crippen LogP contribution in [0.2, 0.25) is 0 Å². The fourth-order valence-electron chi connectivity index (χ4n) is 6.43. The molecule has 0 bridgehead atoms. The maximum atomic E-state index is 2.40. The molecule has 202 valence electrons. The van der Waals surface area contributed by atoms with Crippen molar-refractivity contribution in [2.24, 2.45) is 0 Å². The Morgan fingerprint density at radius 3 is 1.37 bits per heavy atom. The van der Waals surface area contributed by atoms with E-state index >= 15 is 0 Å². The van der Waals surface area contributed by atoms with Crippen LogP contribution in [0.1, 0.15) is 0 Å². The van der Waals surface area contributed by atoms with Gasteiger partial charge in [0.05, 0.1) is 5.69 Å². The van der Waals surface area contributed by atoms with Gasteiger partial charge in [-0.05, 0) is 85.4 Å². The molecular weight excluding hydrogens is 518 g/mol. The predicted octanol–water partition coefficient (Wildman–Crippen LogP) is 11.9. The van der Waals surface area contributed by atoms with E-state index < -0.39 is 0 Å². The summed E-state index contributed by atoms with van der Waals surface area (Å²) in [6.07, 6.45) is 0. The van der Waals surface area contributed by atoms with Crippen LogP contribution in [0.25, 0.3) is 54.6 Å². The first-order valence-electron chi connectivity index (χ1n) is 14.8. The molecule has 0 heterocycles. The van der Waals surface area contributed by atoms with E-state index in [0.29, 0.717) is 0 Å². The Bertz CT molecular complexity index is 2180. The average Bonchev–Trinajstić information content (AvgIpc) is 3.10. The van der Waals surface area contributed by atoms with Crippen molar-refractivity contribution < 1.29 is 0 Å². The van der Waals surface area contributed by atoms with Crippen LogP contribution < -0.4 is 4.90 Å². The van der Waals surface area contributed by atoms with Crippen LogP contribution in [0.15, 0.2) is 176 Å². The molecular formula is C42H29N. The van der Waals surface area contributed by atoms with E-state index in [9.17, 15) is 0 Å². The fourth-order valence-corrected chi connectivity index (χ4v) is 6.43. The Labute approximate surface area is 251 Å². The van der Waals surface area contributed by atoms with Gasteiger partial charge in [-0.3, -0.25) is 0 Å². The number of hydrogen-bond donors (Lipinski definition) is 0. The Kier molecular flexibility index (Phi) is 6.20. The quantitative estimate of drug-likeness (QED) is 0.194. The molecule has 8 aromatic rings. The molecule has 0 spiro atoms. The molecule has 0 atom stereocenters. The smallest absolute Gasteiger partial charge is 0.0540 e. The van der Waals surface area contributed by atoms with Crippen LogP contribution in [-0.2, 0) is 0 Å². The van der Waals surface area contributed by atoms with Gasteiger partial charge in [0.2, 0.25) is 0 Å². The number of nitrogens with zero attached hydrogens (tertiary/aromatic N) is 1. The monoisotopic (exact) mass is 547 g/mol. The molecule has 0 amide bonds. The second-order valence-corrected chi connectivity index (χ2v) is 11.0. The van der Waals surface area contributed by atoms with Gasteiger partial charge in [-0.25, -0.2) is 0 Å². The summed E-state index contributed by atoms with van der Waals surface area (Å²) < 4.78 is 0. The van der Waals surface area contributed by atoms with E-state index in [1.165, 1.54) is 54.6 Å². The van der Waals surface area contributed by atoms with Crippen LogP contribution in [0.3, 0.4) is 0 Å². The highest BCUT2D eigenvalue weighted by molar-refractivity contribution is 6.25. The predicted molar refractivity (Wildman–Crippen MR) is 185 cm³/mol. The summed E-state index contributed by atoms with van der Waals surface area (Å²) in [4.78, 5) is 2.40. The standard InChI is InChI=1S/C42H29N/c1-4-14-30(15-5-1)32-24-27-42(40(28-32)31-16-6-2-7-17-31)43(33-18-8-3-9-19-33)34-25-26-39-37-22-11-10-20-35(37)36-21-12-13-23-38(36)41(39)29-34/h1-29H. The summed E-state index contributed by atoms with van der Waals surface area (Å²) in [6, 6.07) is 63.4. The van der Waals surface area contributed by atoms with Crippen LogP contribution in [0, 0.1) is 0 Å². The molecule has 0 aromatic heterocycles. The first-order chi connectivity index (χ1) is 21.3. The molecule has 0 N–H and O–H groups in total. The molecule has 1 nitrogen and oxygen atoms in total.